The fraction of sp³-hybridized carbons (Fsp3) is 0.556. The van der Waals surface area contributed by atoms with Crippen LogP contribution in [-0.2, 0) is 22.5 Å². The Morgan fingerprint density at radius 3 is 2.67 bits per heavy atom. The molecular formula is C18H28N4O2. The quantitative estimate of drug-likeness (QED) is 0.627. The van der Waals surface area contributed by atoms with E-state index in [1.54, 1.807) is 14.2 Å². The van der Waals surface area contributed by atoms with E-state index in [-0.39, 0.29) is 18.1 Å². The van der Waals surface area contributed by atoms with Gasteiger partial charge < -0.3 is 20.3 Å². The van der Waals surface area contributed by atoms with Crippen molar-refractivity contribution in [2.75, 3.05) is 33.8 Å². The summed E-state index contributed by atoms with van der Waals surface area (Å²) in [5.41, 5.74) is 2.29. The number of guanidine groups is 1. The van der Waals surface area contributed by atoms with Gasteiger partial charge in [0.15, 0.2) is 5.96 Å². The molecule has 0 aliphatic carbocycles. The first kappa shape index (κ1) is 18.3. The minimum Gasteiger partial charge on any atom is -0.377 e. The second-order valence-corrected chi connectivity index (χ2v) is 6.58. The number of benzene rings is 1. The third kappa shape index (κ3) is 4.96. The molecule has 1 amide bonds. The van der Waals surface area contributed by atoms with Crippen LogP contribution in [0.3, 0.4) is 0 Å². The second kappa shape index (κ2) is 8.15. The normalized spacial score (nSPS) is 15.0. The average molecular weight is 332 g/mol. The van der Waals surface area contributed by atoms with Gasteiger partial charge in [-0.3, -0.25) is 9.79 Å². The third-order valence-corrected chi connectivity index (χ3v) is 4.35. The van der Waals surface area contributed by atoms with Gasteiger partial charge in [-0.2, -0.15) is 0 Å². The van der Waals surface area contributed by atoms with Crippen molar-refractivity contribution < 1.29 is 9.53 Å². The summed E-state index contributed by atoms with van der Waals surface area (Å²) in [4.78, 5) is 18.5. The fourth-order valence-corrected chi connectivity index (χ4v) is 2.57. The Bertz CT molecular complexity index is 598. The number of carbonyl (C=O) groups is 1. The van der Waals surface area contributed by atoms with Crippen molar-refractivity contribution in [3.63, 3.8) is 0 Å². The summed E-state index contributed by atoms with van der Waals surface area (Å²) in [5.74, 6) is 0.685. The molecule has 6 heteroatoms. The highest BCUT2D eigenvalue weighted by molar-refractivity contribution is 5.86. The van der Waals surface area contributed by atoms with E-state index in [9.17, 15) is 4.79 Å². The van der Waals surface area contributed by atoms with Crippen LogP contribution in [0.15, 0.2) is 29.3 Å². The van der Waals surface area contributed by atoms with E-state index in [2.05, 4.69) is 33.8 Å². The van der Waals surface area contributed by atoms with Gasteiger partial charge in [0.25, 0.3) is 0 Å². The Morgan fingerprint density at radius 1 is 1.29 bits per heavy atom. The zero-order chi connectivity index (χ0) is 17.6. The number of rotatable bonds is 5. The lowest BCUT2D eigenvalue weighted by Gasteiger charge is -2.29. The largest absolute Gasteiger partial charge is 0.377 e. The molecule has 0 fully saturated rings. The molecule has 1 aromatic carbocycles. The lowest BCUT2D eigenvalue weighted by molar-refractivity contribution is -0.130. The van der Waals surface area contributed by atoms with Crippen molar-refractivity contribution in [2.45, 2.75) is 32.4 Å². The van der Waals surface area contributed by atoms with Crippen molar-refractivity contribution >= 4 is 11.9 Å². The monoisotopic (exact) mass is 332 g/mol. The van der Waals surface area contributed by atoms with Crippen molar-refractivity contribution in [2.24, 2.45) is 4.99 Å². The Balaban J connectivity index is 1.82. The number of hydrogen-bond acceptors (Lipinski definition) is 3. The highest BCUT2D eigenvalue weighted by atomic mass is 16.5. The van der Waals surface area contributed by atoms with Gasteiger partial charge in [0.05, 0.1) is 12.1 Å². The zero-order valence-electron chi connectivity index (χ0n) is 15.1. The molecule has 0 atom stereocenters. The van der Waals surface area contributed by atoms with Gasteiger partial charge in [-0.05, 0) is 31.4 Å². The number of nitrogens with one attached hydrogen (secondary N) is 2. The van der Waals surface area contributed by atoms with Crippen molar-refractivity contribution in [3.05, 3.63) is 35.4 Å². The molecule has 1 heterocycles. The minimum absolute atomic E-state index is 0.0819. The predicted molar refractivity (Wildman–Crippen MR) is 96.0 cm³/mol. The highest BCUT2D eigenvalue weighted by Crippen LogP contribution is 2.18. The number of ether oxygens (including phenoxy) is 1. The van der Waals surface area contributed by atoms with Crippen LogP contribution < -0.4 is 10.6 Å². The third-order valence-electron chi connectivity index (χ3n) is 4.35. The minimum atomic E-state index is -0.293. The number of fused-ring (bicyclic) bond motifs is 1. The first-order valence-corrected chi connectivity index (χ1v) is 8.29. The van der Waals surface area contributed by atoms with Crippen molar-refractivity contribution in [1.29, 1.82) is 0 Å². The van der Waals surface area contributed by atoms with Gasteiger partial charge in [-0.1, -0.05) is 24.3 Å². The summed E-state index contributed by atoms with van der Waals surface area (Å²) < 4.78 is 5.37. The Labute approximate surface area is 144 Å². The molecule has 0 saturated carbocycles. The molecule has 24 heavy (non-hydrogen) atoms. The molecule has 1 aliphatic heterocycles. The first-order chi connectivity index (χ1) is 11.4. The number of methoxy groups -OCH3 is 1. The number of nitrogens with zero attached hydrogens (tertiary/aromatic N) is 2. The van der Waals surface area contributed by atoms with Crippen LogP contribution >= 0.6 is 0 Å². The predicted octanol–water partition coefficient (Wildman–Crippen LogP) is 1.16. The average Bonchev–Trinajstić information content (AvgIpc) is 2.61. The standard InChI is InChI=1S/C18H28N4O2/c1-18(2,24-4)13-21-17(19-3)20-11-16(23)22-10-9-14-7-5-6-8-15(14)12-22/h5-8H,9-13H2,1-4H3,(H2,19,20,21). The van der Waals surface area contributed by atoms with E-state index in [0.717, 1.165) is 13.0 Å². The Hall–Kier alpha value is -2.08. The lowest BCUT2D eigenvalue weighted by Crippen LogP contribution is -2.48. The van der Waals surface area contributed by atoms with E-state index in [4.69, 9.17) is 4.74 Å². The molecule has 0 radical (unpaired) electrons. The lowest BCUT2D eigenvalue weighted by atomic mass is 10.00. The molecule has 2 rings (SSSR count). The van der Waals surface area contributed by atoms with Crippen LogP contribution in [-0.4, -0.2) is 56.2 Å². The molecule has 0 unspecified atom stereocenters. The number of hydrogen-bond donors (Lipinski definition) is 2. The highest BCUT2D eigenvalue weighted by Gasteiger charge is 2.21. The Kier molecular flexibility index (Phi) is 6.20. The van der Waals surface area contributed by atoms with E-state index in [1.807, 2.05) is 24.8 Å². The van der Waals surface area contributed by atoms with Gasteiger partial charge in [0.1, 0.15) is 0 Å². The van der Waals surface area contributed by atoms with Gasteiger partial charge in [0, 0.05) is 33.8 Å². The van der Waals surface area contributed by atoms with Gasteiger partial charge in [-0.25, -0.2) is 0 Å². The zero-order valence-corrected chi connectivity index (χ0v) is 15.1. The van der Waals surface area contributed by atoms with Crippen molar-refractivity contribution in [3.8, 4) is 0 Å². The molecule has 132 valence electrons. The topological polar surface area (TPSA) is 66.0 Å². The summed E-state index contributed by atoms with van der Waals surface area (Å²) in [6.45, 7) is 6.26. The van der Waals surface area contributed by atoms with Crippen molar-refractivity contribution in [1.82, 2.24) is 15.5 Å². The van der Waals surface area contributed by atoms with Crippen LogP contribution in [0.1, 0.15) is 25.0 Å². The Morgan fingerprint density at radius 2 is 2.00 bits per heavy atom. The summed E-state index contributed by atoms with van der Waals surface area (Å²) >= 11 is 0. The first-order valence-electron chi connectivity index (χ1n) is 8.29. The molecular weight excluding hydrogens is 304 g/mol. The maximum Gasteiger partial charge on any atom is 0.242 e. The molecule has 1 aliphatic rings. The van der Waals surface area contributed by atoms with Gasteiger partial charge in [0.2, 0.25) is 5.91 Å². The van der Waals surface area contributed by atoms with E-state index in [0.29, 0.717) is 19.0 Å². The van der Waals surface area contributed by atoms with E-state index in [1.165, 1.54) is 11.1 Å². The number of amides is 1. The molecule has 0 bridgehead atoms. The number of carbonyl (C=O) groups excluding carboxylic acids is 1. The van der Waals surface area contributed by atoms with Crippen LogP contribution in [0.4, 0.5) is 0 Å². The van der Waals surface area contributed by atoms with Crippen LogP contribution in [0, 0.1) is 0 Å². The maximum absolute atomic E-state index is 12.4. The summed E-state index contributed by atoms with van der Waals surface area (Å²) in [6, 6.07) is 8.30. The molecule has 0 spiro atoms. The van der Waals surface area contributed by atoms with E-state index < -0.39 is 0 Å². The fourth-order valence-electron chi connectivity index (χ4n) is 2.57. The van der Waals surface area contributed by atoms with E-state index >= 15 is 0 Å². The summed E-state index contributed by atoms with van der Waals surface area (Å²) in [5, 5.41) is 6.26. The van der Waals surface area contributed by atoms with Crippen LogP contribution in [0.25, 0.3) is 0 Å². The number of aliphatic imine (C=N–C) groups is 1. The summed E-state index contributed by atoms with van der Waals surface area (Å²) in [6.07, 6.45) is 0.914. The molecule has 6 nitrogen and oxygen atoms in total. The molecule has 0 saturated heterocycles. The summed E-state index contributed by atoms with van der Waals surface area (Å²) in [7, 11) is 3.37. The maximum atomic E-state index is 12.4. The van der Waals surface area contributed by atoms with Gasteiger partial charge in [-0.15, -0.1) is 0 Å². The molecule has 1 aromatic rings. The van der Waals surface area contributed by atoms with Gasteiger partial charge >= 0.3 is 0 Å². The molecule has 0 aromatic heterocycles. The van der Waals surface area contributed by atoms with Crippen LogP contribution in [0.2, 0.25) is 0 Å². The SMILES string of the molecule is CN=C(NCC(=O)N1CCc2ccccc2C1)NCC(C)(C)OC. The smallest absolute Gasteiger partial charge is 0.242 e. The second-order valence-electron chi connectivity index (χ2n) is 6.58. The van der Waals surface area contributed by atoms with Crippen LogP contribution in [0.5, 0.6) is 0 Å². The molecule has 2 N–H and O–H groups in total.